The molecule has 1 aromatic carbocycles. The van der Waals surface area contributed by atoms with Crippen molar-refractivity contribution in [1.82, 2.24) is 0 Å². The predicted molar refractivity (Wildman–Crippen MR) is 58.0 cm³/mol. The minimum absolute atomic E-state index is 0.743. The van der Waals surface area contributed by atoms with Gasteiger partial charge < -0.3 is 5.32 Å². The monoisotopic (exact) mass is 263 g/mol. The van der Waals surface area contributed by atoms with Gasteiger partial charge in [0.15, 0.2) is 0 Å². The number of halogens is 3. The van der Waals surface area contributed by atoms with E-state index in [9.17, 15) is 8.78 Å². The number of hydrogen-bond donors (Lipinski definition) is 1. The summed E-state index contributed by atoms with van der Waals surface area (Å²) >= 11 is 3.30. The molecule has 0 fully saturated rings. The zero-order chi connectivity index (χ0) is 10.7. The van der Waals surface area contributed by atoms with E-state index in [1.165, 1.54) is 6.92 Å². The molecule has 0 saturated carbocycles. The van der Waals surface area contributed by atoms with Crippen LogP contribution in [0.25, 0.3) is 0 Å². The Hall–Kier alpha value is -0.640. The Morgan fingerprint density at radius 1 is 1.36 bits per heavy atom. The Labute approximate surface area is 90.6 Å². The van der Waals surface area contributed by atoms with E-state index in [4.69, 9.17) is 0 Å². The number of anilines is 1. The summed E-state index contributed by atoms with van der Waals surface area (Å²) in [6, 6.07) is 4.73. The zero-order valence-corrected chi connectivity index (χ0v) is 9.61. The van der Waals surface area contributed by atoms with Gasteiger partial charge in [-0.15, -0.1) is 0 Å². The van der Waals surface area contributed by atoms with Gasteiger partial charge in [0.2, 0.25) is 0 Å². The van der Waals surface area contributed by atoms with Crippen LogP contribution in [0.1, 0.15) is 12.5 Å². The van der Waals surface area contributed by atoms with Gasteiger partial charge >= 0.3 is 0 Å². The van der Waals surface area contributed by atoms with Crippen LogP contribution in [0.2, 0.25) is 0 Å². The minimum Gasteiger partial charge on any atom is -0.377 e. The largest absolute Gasteiger partial charge is 0.377 e. The SMILES string of the molecule is Cc1ccc(Br)cc1NC(C)C(F)F. The van der Waals surface area contributed by atoms with Crippen molar-refractivity contribution in [1.29, 1.82) is 0 Å². The normalized spacial score (nSPS) is 13.0. The highest BCUT2D eigenvalue weighted by atomic mass is 79.9. The van der Waals surface area contributed by atoms with Crippen molar-refractivity contribution in [3.8, 4) is 0 Å². The molecule has 0 amide bonds. The fourth-order valence-corrected chi connectivity index (χ4v) is 1.42. The number of alkyl halides is 2. The molecule has 0 aliphatic heterocycles. The Kier molecular flexibility index (Phi) is 3.86. The van der Waals surface area contributed by atoms with Crippen LogP contribution in [-0.4, -0.2) is 12.5 Å². The summed E-state index contributed by atoms with van der Waals surface area (Å²) in [6.07, 6.45) is -2.35. The van der Waals surface area contributed by atoms with Crippen molar-refractivity contribution in [2.24, 2.45) is 0 Å². The van der Waals surface area contributed by atoms with Crippen LogP contribution in [0.3, 0.4) is 0 Å². The lowest BCUT2D eigenvalue weighted by atomic mass is 10.2. The van der Waals surface area contributed by atoms with E-state index in [0.29, 0.717) is 0 Å². The maximum Gasteiger partial charge on any atom is 0.258 e. The first-order valence-corrected chi connectivity index (χ1v) is 5.11. The van der Waals surface area contributed by atoms with E-state index in [-0.39, 0.29) is 0 Å². The second-order valence-electron chi connectivity index (χ2n) is 3.23. The summed E-state index contributed by atoms with van der Waals surface area (Å²) in [6.45, 7) is 3.35. The van der Waals surface area contributed by atoms with Gasteiger partial charge in [-0.25, -0.2) is 8.78 Å². The number of rotatable bonds is 3. The summed E-state index contributed by atoms with van der Waals surface area (Å²) in [5.41, 5.74) is 1.70. The van der Waals surface area contributed by atoms with Crippen LogP contribution in [0.15, 0.2) is 22.7 Å². The molecule has 1 aromatic rings. The third-order valence-electron chi connectivity index (χ3n) is 1.96. The molecule has 1 nitrogen and oxygen atoms in total. The average molecular weight is 264 g/mol. The van der Waals surface area contributed by atoms with Crippen molar-refractivity contribution in [3.63, 3.8) is 0 Å². The summed E-state index contributed by atoms with van der Waals surface area (Å²) in [5, 5.41) is 2.77. The molecular formula is C10H12BrF2N. The van der Waals surface area contributed by atoms with Crippen LogP contribution >= 0.6 is 15.9 Å². The topological polar surface area (TPSA) is 12.0 Å². The molecule has 1 rings (SSSR count). The molecule has 0 radical (unpaired) electrons. The molecule has 0 aromatic heterocycles. The van der Waals surface area contributed by atoms with Crippen LogP contribution in [0, 0.1) is 6.92 Å². The smallest absolute Gasteiger partial charge is 0.258 e. The number of aryl methyl sites for hydroxylation is 1. The van der Waals surface area contributed by atoms with Gasteiger partial charge in [-0.2, -0.15) is 0 Å². The van der Waals surface area contributed by atoms with Crippen LogP contribution < -0.4 is 5.32 Å². The molecule has 78 valence electrons. The first kappa shape index (κ1) is 11.4. The van der Waals surface area contributed by atoms with Crippen molar-refractivity contribution >= 4 is 21.6 Å². The van der Waals surface area contributed by atoms with Gasteiger partial charge in [0.05, 0.1) is 6.04 Å². The second-order valence-corrected chi connectivity index (χ2v) is 4.14. The molecule has 1 atom stereocenters. The molecule has 1 unspecified atom stereocenters. The van der Waals surface area contributed by atoms with Crippen molar-refractivity contribution < 1.29 is 8.78 Å². The van der Waals surface area contributed by atoms with Crippen LogP contribution in [-0.2, 0) is 0 Å². The third kappa shape index (κ3) is 2.94. The fourth-order valence-electron chi connectivity index (χ4n) is 1.06. The summed E-state index contributed by atoms with van der Waals surface area (Å²) in [7, 11) is 0. The molecule has 0 bridgehead atoms. The van der Waals surface area contributed by atoms with E-state index < -0.39 is 12.5 Å². The molecule has 14 heavy (non-hydrogen) atoms. The van der Waals surface area contributed by atoms with Gasteiger partial charge in [0.25, 0.3) is 6.43 Å². The Morgan fingerprint density at radius 3 is 2.57 bits per heavy atom. The van der Waals surface area contributed by atoms with E-state index in [1.54, 1.807) is 6.07 Å². The third-order valence-corrected chi connectivity index (χ3v) is 2.45. The second kappa shape index (κ2) is 4.73. The lowest BCUT2D eigenvalue weighted by molar-refractivity contribution is 0.130. The van der Waals surface area contributed by atoms with Crippen molar-refractivity contribution in [2.75, 3.05) is 5.32 Å². The highest BCUT2D eigenvalue weighted by Crippen LogP contribution is 2.22. The van der Waals surface area contributed by atoms with Gasteiger partial charge in [0, 0.05) is 10.2 Å². The Bertz CT molecular complexity index is 315. The highest BCUT2D eigenvalue weighted by Gasteiger charge is 2.14. The molecule has 0 saturated heterocycles. The maximum atomic E-state index is 12.3. The number of hydrogen-bond acceptors (Lipinski definition) is 1. The quantitative estimate of drug-likeness (QED) is 0.875. The first-order chi connectivity index (χ1) is 6.50. The molecular weight excluding hydrogens is 252 g/mol. The molecule has 4 heteroatoms. The van der Waals surface area contributed by atoms with Crippen LogP contribution in [0.5, 0.6) is 0 Å². The fraction of sp³-hybridized carbons (Fsp3) is 0.400. The lowest BCUT2D eigenvalue weighted by Gasteiger charge is -2.16. The molecule has 0 aliphatic rings. The Morgan fingerprint density at radius 2 is 2.00 bits per heavy atom. The van der Waals surface area contributed by atoms with E-state index in [2.05, 4.69) is 21.2 Å². The summed E-state index contributed by atoms with van der Waals surface area (Å²) in [5.74, 6) is 0. The molecule has 1 N–H and O–H groups in total. The minimum atomic E-state index is -2.35. The maximum absolute atomic E-state index is 12.3. The predicted octanol–water partition coefficient (Wildman–Crippen LogP) is 3.82. The summed E-state index contributed by atoms with van der Waals surface area (Å²) in [4.78, 5) is 0. The average Bonchev–Trinajstić information content (AvgIpc) is 2.11. The lowest BCUT2D eigenvalue weighted by Crippen LogP contribution is -2.24. The summed E-state index contributed by atoms with van der Waals surface area (Å²) < 4.78 is 25.4. The van der Waals surface area contributed by atoms with E-state index in [1.807, 2.05) is 19.1 Å². The Balaban J connectivity index is 2.80. The van der Waals surface area contributed by atoms with Gasteiger partial charge in [-0.05, 0) is 31.5 Å². The van der Waals surface area contributed by atoms with Crippen LogP contribution in [0.4, 0.5) is 14.5 Å². The number of nitrogens with one attached hydrogen (secondary N) is 1. The first-order valence-electron chi connectivity index (χ1n) is 4.31. The molecule has 0 aliphatic carbocycles. The number of benzene rings is 1. The zero-order valence-electron chi connectivity index (χ0n) is 8.02. The van der Waals surface area contributed by atoms with Gasteiger partial charge in [-0.3, -0.25) is 0 Å². The molecule has 0 heterocycles. The van der Waals surface area contributed by atoms with E-state index in [0.717, 1.165) is 15.7 Å². The van der Waals surface area contributed by atoms with Crippen molar-refractivity contribution in [2.45, 2.75) is 26.3 Å². The van der Waals surface area contributed by atoms with Crippen molar-refractivity contribution in [3.05, 3.63) is 28.2 Å². The molecule has 0 spiro atoms. The van der Waals surface area contributed by atoms with E-state index >= 15 is 0 Å². The van der Waals surface area contributed by atoms with Gasteiger partial charge in [0.1, 0.15) is 0 Å². The highest BCUT2D eigenvalue weighted by molar-refractivity contribution is 9.10. The standard InChI is InChI=1S/C10H12BrF2N/c1-6-3-4-8(11)5-9(6)14-7(2)10(12)13/h3-5,7,10,14H,1-2H3. The van der Waals surface area contributed by atoms with Gasteiger partial charge in [-0.1, -0.05) is 22.0 Å².